The van der Waals surface area contributed by atoms with Gasteiger partial charge in [0.25, 0.3) is 10.0 Å². The van der Waals surface area contributed by atoms with Crippen molar-refractivity contribution in [3.05, 3.63) is 12.2 Å². The van der Waals surface area contributed by atoms with Gasteiger partial charge in [-0.15, -0.1) is 0 Å². The Bertz CT molecular complexity index is 384. The third-order valence-corrected chi connectivity index (χ3v) is 2.64. The van der Waals surface area contributed by atoms with E-state index in [1.807, 2.05) is 0 Å². The third kappa shape index (κ3) is 5.03. The zero-order valence-electron chi connectivity index (χ0n) is 8.16. The molecule has 0 spiro atoms. The highest BCUT2D eigenvalue weighted by Gasteiger charge is 2.12. The summed E-state index contributed by atoms with van der Waals surface area (Å²) in [6.45, 7) is 1.81. The van der Waals surface area contributed by atoms with Gasteiger partial charge in [0.15, 0.2) is 5.04 Å². The zero-order chi connectivity index (χ0) is 11.9. The fourth-order valence-corrected chi connectivity index (χ4v) is 1.42. The SMILES string of the molecule is CCNS(=O)(=O)C(=N)/C=C\C(=N)NC=N. The highest BCUT2D eigenvalue weighted by atomic mass is 32.2. The van der Waals surface area contributed by atoms with Gasteiger partial charge in [0.2, 0.25) is 0 Å². The first-order chi connectivity index (χ1) is 6.94. The Kier molecular flexibility index (Phi) is 5.42. The Morgan fingerprint density at radius 3 is 2.40 bits per heavy atom. The van der Waals surface area contributed by atoms with Gasteiger partial charge in [-0.25, -0.2) is 13.1 Å². The lowest BCUT2D eigenvalue weighted by atomic mass is 10.5. The number of sulfonamides is 1. The van der Waals surface area contributed by atoms with Crippen molar-refractivity contribution in [2.75, 3.05) is 6.54 Å². The van der Waals surface area contributed by atoms with E-state index in [4.69, 9.17) is 16.2 Å². The maximum Gasteiger partial charge on any atom is 0.257 e. The highest BCUT2D eigenvalue weighted by molar-refractivity contribution is 8.05. The van der Waals surface area contributed by atoms with E-state index < -0.39 is 15.1 Å². The molecule has 0 fully saturated rings. The first-order valence-corrected chi connectivity index (χ1v) is 5.52. The fraction of sp³-hybridized carbons (Fsp3) is 0.286. The Balaban J connectivity index is 4.49. The largest absolute Gasteiger partial charge is 0.332 e. The summed E-state index contributed by atoms with van der Waals surface area (Å²) in [7, 11) is -3.76. The Hall–Kier alpha value is -1.54. The summed E-state index contributed by atoms with van der Waals surface area (Å²) < 4.78 is 24.5. The van der Waals surface area contributed by atoms with Crippen molar-refractivity contribution < 1.29 is 8.42 Å². The van der Waals surface area contributed by atoms with Crippen LogP contribution in [0.4, 0.5) is 0 Å². The van der Waals surface area contributed by atoms with Gasteiger partial charge in [-0.3, -0.25) is 16.2 Å². The van der Waals surface area contributed by atoms with Crippen molar-refractivity contribution >= 4 is 27.2 Å². The van der Waals surface area contributed by atoms with Crippen LogP contribution in [-0.4, -0.2) is 32.2 Å². The average Bonchev–Trinajstić information content (AvgIpc) is 2.14. The summed E-state index contributed by atoms with van der Waals surface area (Å²) in [5.74, 6) is -0.165. The molecule has 0 amide bonds. The predicted octanol–water partition coefficient (Wildman–Crippen LogP) is -0.367. The molecule has 5 N–H and O–H groups in total. The molecule has 0 aromatic carbocycles. The van der Waals surface area contributed by atoms with Crippen LogP contribution >= 0.6 is 0 Å². The van der Waals surface area contributed by atoms with Crippen molar-refractivity contribution in [2.24, 2.45) is 0 Å². The molecule has 0 aliphatic heterocycles. The van der Waals surface area contributed by atoms with Crippen LogP contribution < -0.4 is 10.0 Å². The molecule has 84 valence electrons. The van der Waals surface area contributed by atoms with Crippen LogP contribution in [0.15, 0.2) is 12.2 Å². The Morgan fingerprint density at radius 1 is 1.33 bits per heavy atom. The number of amidine groups is 1. The molecule has 0 atom stereocenters. The summed E-state index contributed by atoms with van der Waals surface area (Å²) in [6.07, 6.45) is 2.84. The van der Waals surface area contributed by atoms with Crippen LogP contribution in [0.2, 0.25) is 0 Å². The van der Waals surface area contributed by atoms with Crippen LogP contribution in [-0.2, 0) is 10.0 Å². The molecule has 8 heteroatoms. The second-order valence-electron chi connectivity index (χ2n) is 2.40. The standard InChI is InChI=1S/C7H13N5O2S/c1-2-12-15(13,14)7(10)4-3-6(9)11-5-8/h3-5,10,12H,2H2,1H3,(H3,8,9,11)/b4-3-,10-7?. The van der Waals surface area contributed by atoms with Crippen LogP contribution in [0.1, 0.15) is 6.92 Å². The number of rotatable bonds is 5. The molecule has 0 aromatic rings. The maximum atomic E-state index is 11.2. The predicted molar refractivity (Wildman–Crippen MR) is 59.1 cm³/mol. The molecule has 7 nitrogen and oxygen atoms in total. The number of hydrogen-bond acceptors (Lipinski definition) is 5. The van der Waals surface area contributed by atoms with Gasteiger partial charge in [0.1, 0.15) is 5.84 Å². The van der Waals surface area contributed by atoms with E-state index in [0.29, 0.717) is 0 Å². The molecule has 0 radical (unpaired) electrons. The van der Waals surface area contributed by atoms with Gasteiger partial charge in [0.05, 0.1) is 6.34 Å². The number of hydrogen-bond donors (Lipinski definition) is 5. The monoisotopic (exact) mass is 231 g/mol. The number of nitrogens with one attached hydrogen (secondary N) is 5. The normalized spacial score (nSPS) is 11.3. The van der Waals surface area contributed by atoms with Crippen molar-refractivity contribution in [1.82, 2.24) is 10.0 Å². The molecular weight excluding hydrogens is 218 g/mol. The zero-order valence-corrected chi connectivity index (χ0v) is 8.98. The maximum absolute atomic E-state index is 11.2. The topological polar surface area (TPSA) is 130 Å². The van der Waals surface area contributed by atoms with E-state index in [-0.39, 0.29) is 12.4 Å². The van der Waals surface area contributed by atoms with Crippen LogP contribution in [0.5, 0.6) is 0 Å². The average molecular weight is 231 g/mol. The lowest BCUT2D eigenvalue weighted by Gasteiger charge is -2.01. The quantitative estimate of drug-likeness (QED) is 0.327. The minimum Gasteiger partial charge on any atom is -0.332 e. The Labute approximate surface area is 88.2 Å². The van der Waals surface area contributed by atoms with Crippen molar-refractivity contribution in [3.63, 3.8) is 0 Å². The smallest absolute Gasteiger partial charge is 0.257 e. The van der Waals surface area contributed by atoms with Crippen molar-refractivity contribution in [2.45, 2.75) is 6.92 Å². The van der Waals surface area contributed by atoms with Gasteiger partial charge in [-0.1, -0.05) is 6.92 Å². The minimum atomic E-state index is -3.76. The van der Waals surface area contributed by atoms with Crippen LogP contribution in [0.25, 0.3) is 0 Å². The molecule has 0 aliphatic rings. The summed E-state index contributed by atoms with van der Waals surface area (Å²) >= 11 is 0. The van der Waals surface area contributed by atoms with E-state index in [1.54, 1.807) is 6.92 Å². The van der Waals surface area contributed by atoms with Gasteiger partial charge >= 0.3 is 0 Å². The summed E-state index contributed by atoms with van der Waals surface area (Å²) in [5, 5.41) is 22.5. The van der Waals surface area contributed by atoms with Gasteiger partial charge in [-0.2, -0.15) is 0 Å². The molecule has 0 saturated carbocycles. The molecule has 0 aromatic heterocycles. The molecule has 0 aliphatic carbocycles. The molecule has 0 saturated heterocycles. The van der Waals surface area contributed by atoms with Crippen molar-refractivity contribution in [1.29, 1.82) is 16.2 Å². The summed E-state index contributed by atoms with van der Waals surface area (Å²) in [4.78, 5) is 0. The molecule has 0 bridgehead atoms. The molecule has 0 rings (SSSR count). The molecule has 0 heterocycles. The second-order valence-corrected chi connectivity index (χ2v) is 4.14. The second kappa shape index (κ2) is 6.04. The van der Waals surface area contributed by atoms with E-state index in [1.165, 1.54) is 0 Å². The molecular formula is C7H13N5O2S. The van der Waals surface area contributed by atoms with Gasteiger partial charge in [0, 0.05) is 6.54 Å². The highest BCUT2D eigenvalue weighted by Crippen LogP contribution is 1.89. The fourth-order valence-electron chi connectivity index (χ4n) is 0.642. The lowest BCUT2D eigenvalue weighted by Crippen LogP contribution is -2.29. The van der Waals surface area contributed by atoms with Gasteiger partial charge < -0.3 is 5.32 Å². The van der Waals surface area contributed by atoms with E-state index >= 15 is 0 Å². The minimum absolute atomic E-state index is 0.165. The van der Waals surface area contributed by atoms with Crippen molar-refractivity contribution in [3.8, 4) is 0 Å². The van der Waals surface area contributed by atoms with E-state index in [0.717, 1.165) is 18.5 Å². The summed E-state index contributed by atoms with van der Waals surface area (Å²) in [6, 6.07) is 0. The van der Waals surface area contributed by atoms with Crippen LogP contribution in [0.3, 0.4) is 0 Å². The van der Waals surface area contributed by atoms with E-state index in [9.17, 15) is 8.42 Å². The van der Waals surface area contributed by atoms with E-state index in [2.05, 4.69) is 10.0 Å². The molecule has 15 heavy (non-hydrogen) atoms. The third-order valence-electron chi connectivity index (χ3n) is 1.25. The van der Waals surface area contributed by atoms with Crippen LogP contribution in [0, 0.1) is 16.2 Å². The first-order valence-electron chi connectivity index (χ1n) is 4.04. The summed E-state index contributed by atoms with van der Waals surface area (Å²) in [5.41, 5.74) is 0. The van der Waals surface area contributed by atoms with Gasteiger partial charge in [-0.05, 0) is 12.2 Å². The molecule has 0 unspecified atom stereocenters. The lowest BCUT2D eigenvalue weighted by molar-refractivity contribution is 0.596. The Morgan fingerprint density at radius 2 is 1.93 bits per heavy atom. The first kappa shape index (κ1) is 13.5.